The van der Waals surface area contributed by atoms with E-state index in [4.69, 9.17) is 25.6 Å². The minimum absolute atomic E-state index is 0. The van der Waals surface area contributed by atoms with Crippen molar-refractivity contribution in [2.24, 2.45) is 5.92 Å². The second-order valence-corrected chi connectivity index (χ2v) is 15.4. The fourth-order valence-corrected chi connectivity index (χ4v) is 12.2. The van der Waals surface area contributed by atoms with Crippen LogP contribution in [0.2, 0.25) is 0 Å². The number of hydrogen-bond acceptors (Lipinski definition) is 8. The first kappa shape index (κ1) is 26.2. The highest BCUT2D eigenvalue weighted by atomic mass is 32.9. The molecule has 2 aliphatic heterocycles. The number of H-pyrrole nitrogens is 1. The molecule has 8 nitrogen and oxygen atoms in total. The Balaban J connectivity index is 0.00000289. The van der Waals surface area contributed by atoms with Crippen LogP contribution in [0.1, 0.15) is 52.7 Å². The Bertz CT molecular complexity index is 1030. The lowest BCUT2D eigenvalue weighted by Crippen LogP contribution is -2.39. The van der Waals surface area contributed by atoms with Gasteiger partial charge in [-0.05, 0) is 57.3 Å². The van der Waals surface area contributed by atoms with Gasteiger partial charge in [-0.1, -0.05) is 30.5 Å². The molecule has 0 aromatic carbocycles. The maximum atomic E-state index is 12.2. The molecule has 3 aliphatic rings. The van der Waals surface area contributed by atoms with Crippen LogP contribution in [-0.4, -0.2) is 43.8 Å². The number of nitrogens with one attached hydrogen (secondary N) is 1. The first-order valence-corrected chi connectivity index (χ1v) is 14.6. The van der Waals surface area contributed by atoms with E-state index in [1.54, 1.807) is 11.4 Å². The van der Waals surface area contributed by atoms with Crippen molar-refractivity contribution in [3.05, 3.63) is 45.3 Å². The van der Waals surface area contributed by atoms with E-state index in [0.717, 1.165) is 24.8 Å². The van der Waals surface area contributed by atoms with Gasteiger partial charge in [-0.15, -0.1) is 0 Å². The van der Waals surface area contributed by atoms with Crippen LogP contribution in [-0.2, 0) is 25.6 Å². The molecule has 32 heavy (non-hydrogen) atoms. The summed E-state index contributed by atoms with van der Waals surface area (Å²) < 4.78 is 19.7. The summed E-state index contributed by atoms with van der Waals surface area (Å²) in [6.07, 6.45) is 1.47. The van der Waals surface area contributed by atoms with E-state index in [2.05, 4.69) is 25.4 Å². The summed E-state index contributed by atoms with van der Waals surface area (Å²) in [6, 6.07) is 1.22. The lowest BCUT2D eigenvalue weighted by Gasteiger charge is -2.37. The van der Waals surface area contributed by atoms with Crippen molar-refractivity contribution in [2.45, 2.75) is 81.8 Å². The minimum atomic E-state index is -2.74. The number of allylic oxidation sites excluding steroid dienone is 1. The highest BCUT2D eigenvalue weighted by molar-refractivity contribution is 8.68. The van der Waals surface area contributed by atoms with Crippen LogP contribution in [0.15, 0.2) is 34.0 Å². The summed E-state index contributed by atoms with van der Waals surface area (Å²) in [7, 11) is 0. The molecule has 3 fully saturated rings. The van der Waals surface area contributed by atoms with Crippen molar-refractivity contribution in [3.8, 4) is 0 Å². The molecule has 12 heteroatoms. The number of ether oxygens (including phenoxy) is 1. The van der Waals surface area contributed by atoms with Gasteiger partial charge < -0.3 is 18.9 Å². The Kier molecular flexibility index (Phi) is 7.94. The van der Waals surface area contributed by atoms with Gasteiger partial charge in [0.1, 0.15) is 12.2 Å². The monoisotopic (exact) mass is 522 g/mol. The molecule has 1 saturated carbocycles. The summed E-state index contributed by atoms with van der Waals surface area (Å²) in [4.78, 5) is 25.8. The van der Waals surface area contributed by atoms with E-state index in [1.807, 2.05) is 6.92 Å². The largest absolute Gasteiger partial charge is 0.386 e. The second kappa shape index (κ2) is 9.70. The highest BCUT2D eigenvalue weighted by Crippen LogP contribution is 2.76. The van der Waals surface area contributed by atoms with Gasteiger partial charge in [0, 0.05) is 17.0 Å². The van der Waals surface area contributed by atoms with Crippen LogP contribution in [0.4, 0.5) is 0 Å². The van der Waals surface area contributed by atoms with E-state index < -0.39 is 41.5 Å². The van der Waals surface area contributed by atoms with E-state index in [-0.39, 0.29) is 24.3 Å². The molecule has 0 amide bonds. The van der Waals surface area contributed by atoms with Crippen molar-refractivity contribution in [1.82, 2.24) is 9.55 Å². The Morgan fingerprint density at radius 2 is 2.25 bits per heavy atom. The van der Waals surface area contributed by atoms with Gasteiger partial charge >= 0.3 is 5.69 Å². The standard InChI is InChI=1S/C20H29N2O6PS2.H2S/c1-5-13-17(16(24)18(26-13)22-9-7-15(23)21-19(22)25)28-29(30)27-14-10-12(11(2)3)6-8-20(14,4)31-29;/h7,9,12-14,16-18,24H,2,5-6,8,10H2,1,3-4H3,(H,21,23,25);1H2/t12-,13-,14+,16-,17-,18-,20+,29-;/m1./s1. The summed E-state index contributed by atoms with van der Waals surface area (Å²) >= 11 is 7.46. The van der Waals surface area contributed by atoms with E-state index in [1.165, 1.54) is 16.8 Å². The van der Waals surface area contributed by atoms with Crippen molar-refractivity contribution >= 4 is 42.4 Å². The summed E-state index contributed by atoms with van der Waals surface area (Å²) in [5.74, 6) is 0.417. The van der Waals surface area contributed by atoms with Crippen LogP contribution in [0.5, 0.6) is 0 Å². The Morgan fingerprint density at radius 3 is 2.88 bits per heavy atom. The third-order valence-corrected chi connectivity index (χ3v) is 12.3. The van der Waals surface area contributed by atoms with Crippen LogP contribution in [0.3, 0.4) is 0 Å². The maximum absolute atomic E-state index is 12.2. The molecule has 0 unspecified atom stereocenters. The van der Waals surface area contributed by atoms with Gasteiger partial charge in [0.05, 0.1) is 12.2 Å². The molecular formula is C20H31N2O6PS3. The zero-order chi connectivity index (χ0) is 22.6. The average Bonchev–Trinajstić information content (AvgIpc) is 3.14. The smallest absolute Gasteiger partial charge is 0.330 e. The highest BCUT2D eigenvalue weighted by Gasteiger charge is 2.56. The number of nitrogens with zero attached hydrogens (tertiary/aromatic N) is 1. The normalized spacial score (nSPS) is 41.1. The first-order valence-electron chi connectivity index (χ1n) is 10.5. The van der Waals surface area contributed by atoms with Crippen LogP contribution < -0.4 is 11.2 Å². The van der Waals surface area contributed by atoms with E-state index >= 15 is 0 Å². The molecule has 4 rings (SSSR count). The van der Waals surface area contributed by atoms with Gasteiger partial charge in [-0.2, -0.15) is 13.5 Å². The van der Waals surface area contributed by atoms with Gasteiger partial charge in [0.25, 0.3) is 5.56 Å². The fourth-order valence-electron chi connectivity index (χ4n) is 4.62. The molecule has 0 radical (unpaired) electrons. The maximum Gasteiger partial charge on any atom is 0.330 e. The van der Waals surface area contributed by atoms with Crippen LogP contribution in [0, 0.1) is 5.92 Å². The summed E-state index contributed by atoms with van der Waals surface area (Å²) in [5, 5.41) is 11.0. The predicted octanol–water partition coefficient (Wildman–Crippen LogP) is 3.19. The lowest BCUT2D eigenvalue weighted by molar-refractivity contribution is -0.0404. The predicted molar refractivity (Wildman–Crippen MR) is 134 cm³/mol. The van der Waals surface area contributed by atoms with Gasteiger partial charge in [-0.25, -0.2) is 4.79 Å². The number of fused-ring (bicyclic) bond motifs is 1. The first-order chi connectivity index (χ1) is 14.5. The fraction of sp³-hybridized carbons (Fsp3) is 0.700. The molecule has 1 aromatic heterocycles. The van der Waals surface area contributed by atoms with Crippen molar-refractivity contribution in [3.63, 3.8) is 0 Å². The Labute approximate surface area is 203 Å². The quantitative estimate of drug-likeness (QED) is 0.449. The number of hydrogen-bond donors (Lipinski definition) is 2. The van der Waals surface area contributed by atoms with E-state index in [9.17, 15) is 14.7 Å². The Hall–Kier alpha value is -0.390. The minimum Gasteiger partial charge on any atom is -0.386 e. The number of rotatable bonds is 5. The third kappa shape index (κ3) is 4.86. The summed E-state index contributed by atoms with van der Waals surface area (Å²) in [5.41, 5.74) is -2.73. The molecular weight excluding hydrogens is 491 g/mol. The van der Waals surface area contributed by atoms with Gasteiger partial charge in [-0.3, -0.25) is 14.3 Å². The van der Waals surface area contributed by atoms with Crippen molar-refractivity contribution in [2.75, 3.05) is 0 Å². The number of aromatic amines is 1. The van der Waals surface area contributed by atoms with Crippen LogP contribution >= 0.6 is 30.6 Å². The SMILES string of the molecule is C=C(C)[C@@H]1CC[C@]2(C)S[P@@](=S)(O[C@H]3[C@@H](O)[C@H](n4ccc(=O)[nH]c4=O)O[C@@H]3CC)O[C@H]2C1.S. The molecule has 8 atom stereocenters. The third-order valence-electron chi connectivity index (χ3n) is 6.53. The lowest BCUT2D eigenvalue weighted by atomic mass is 9.77. The average molecular weight is 523 g/mol. The molecule has 2 N–H and O–H groups in total. The Morgan fingerprint density at radius 1 is 1.53 bits per heavy atom. The molecule has 3 heterocycles. The number of aliphatic hydroxyl groups excluding tert-OH is 1. The zero-order valence-electron chi connectivity index (χ0n) is 18.4. The van der Waals surface area contributed by atoms with Gasteiger partial charge in [0.2, 0.25) is 5.69 Å². The topological polar surface area (TPSA) is 103 Å². The number of aliphatic hydroxyl groups is 1. The zero-order valence-corrected chi connectivity index (χ0v) is 21.9. The molecule has 1 aliphatic carbocycles. The second-order valence-electron chi connectivity index (χ2n) is 8.81. The van der Waals surface area contributed by atoms with Crippen molar-refractivity contribution in [1.29, 1.82) is 0 Å². The van der Waals surface area contributed by atoms with Gasteiger partial charge in [0.15, 0.2) is 6.23 Å². The number of aromatic nitrogens is 2. The van der Waals surface area contributed by atoms with Crippen LogP contribution in [0.25, 0.3) is 0 Å². The van der Waals surface area contributed by atoms with Crippen molar-refractivity contribution < 1.29 is 18.9 Å². The molecule has 0 spiro atoms. The summed E-state index contributed by atoms with van der Waals surface area (Å²) in [6.45, 7) is 10.3. The molecule has 2 saturated heterocycles. The molecule has 180 valence electrons. The molecule has 0 bridgehead atoms. The van der Waals surface area contributed by atoms with E-state index in [0.29, 0.717) is 12.3 Å². The molecule has 1 aromatic rings.